The molecule has 0 bridgehead atoms. The molecular formula is C16H24N2O2. The van der Waals surface area contributed by atoms with Crippen LogP contribution in [0.1, 0.15) is 30.7 Å². The third-order valence-electron chi connectivity index (χ3n) is 3.60. The van der Waals surface area contributed by atoms with Crippen LogP contribution in [0.4, 0.5) is 0 Å². The summed E-state index contributed by atoms with van der Waals surface area (Å²) >= 11 is 0. The smallest absolute Gasteiger partial charge is 0.320 e. The van der Waals surface area contributed by atoms with E-state index in [0.717, 1.165) is 27.7 Å². The number of rotatable bonds is 3. The predicted octanol–water partition coefficient (Wildman–Crippen LogP) is 2.78. The van der Waals surface area contributed by atoms with Gasteiger partial charge in [0.25, 0.3) is 0 Å². The molecule has 0 saturated carbocycles. The third kappa shape index (κ3) is 2.85. The summed E-state index contributed by atoms with van der Waals surface area (Å²) in [6.45, 7) is 8.04. The van der Waals surface area contributed by atoms with E-state index in [1.54, 1.807) is 0 Å². The van der Waals surface area contributed by atoms with Crippen LogP contribution < -0.4 is 5.73 Å². The van der Waals surface area contributed by atoms with Crippen molar-refractivity contribution in [3.05, 3.63) is 35.0 Å². The van der Waals surface area contributed by atoms with Crippen LogP contribution >= 0.6 is 0 Å². The maximum Gasteiger partial charge on any atom is 0.320 e. The highest BCUT2D eigenvalue weighted by Crippen LogP contribution is 2.28. The summed E-state index contributed by atoms with van der Waals surface area (Å²) in [7, 11) is 1.99. The lowest BCUT2D eigenvalue weighted by Gasteiger charge is -2.08. The SMILES string of the molecule is CC.Cc1cccc2c1c(CC(N)C(=O)O)c(C)n2C. The van der Waals surface area contributed by atoms with Gasteiger partial charge in [-0.2, -0.15) is 0 Å². The second-order valence-corrected chi connectivity index (χ2v) is 4.74. The Hall–Kier alpha value is -1.81. The molecule has 0 spiro atoms. The monoisotopic (exact) mass is 276 g/mol. The minimum Gasteiger partial charge on any atom is -0.480 e. The highest BCUT2D eigenvalue weighted by atomic mass is 16.4. The zero-order valence-corrected chi connectivity index (χ0v) is 12.9. The normalized spacial score (nSPS) is 11.9. The molecular weight excluding hydrogens is 252 g/mol. The van der Waals surface area contributed by atoms with Gasteiger partial charge >= 0.3 is 5.97 Å². The van der Waals surface area contributed by atoms with Gasteiger partial charge in [0.05, 0.1) is 0 Å². The van der Waals surface area contributed by atoms with Crippen LogP contribution in [0.2, 0.25) is 0 Å². The van der Waals surface area contributed by atoms with Crippen molar-refractivity contribution in [3.63, 3.8) is 0 Å². The molecule has 0 amide bonds. The number of benzene rings is 1. The summed E-state index contributed by atoms with van der Waals surface area (Å²) < 4.78 is 2.09. The number of hydrogen-bond acceptors (Lipinski definition) is 2. The Morgan fingerprint density at radius 3 is 2.50 bits per heavy atom. The van der Waals surface area contributed by atoms with Gasteiger partial charge in [0.2, 0.25) is 0 Å². The van der Waals surface area contributed by atoms with Crippen molar-refractivity contribution in [1.82, 2.24) is 4.57 Å². The highest BCUT2D eigenvalue weighted by Gasteiger charge is 2.19. The second-order valence-electron chi connectivity index (χ2n) is 4.74. The molecule has 0 aliphatic heterocycles. The molecule has 0 fully saturated rings. The van der Waals surface area contributed by atoms with E-state index in [-0.39, 0.29) is 0 Å². The maximum atomic E-state index is 10.9. The van der Waals surface area contributed by atoms with Crippen LogP contribution in [0.25, 0.3) is 10.9 Å². The van der Waals surface area contributed by atoms with Crippen LogP contribution in [0.15, 0.2) is 18.2 Å². The number of carboxylic acids is 1. The number of carbonyl (C=O) groups is 1. The van der Waals surface area contributed by atoms with Gasteiger partial charge in [0.15, 0.2) is 0 Å². The standard InChI is InChI=1S/C14H18N2O2.C2H6/c1-8-5-4-6-12-13(8)10(9(2)16(12)3)7-11(15)14(17)18;1-2/h4-6,11H,7,15H2,1-3H3,(H,17,18);1-2H3. The quantitative estimate of drug-likeness (QED) is 0.905. The lowest BCUT2D eigenvalue weighted by atomic mass is 10.0. The summed E-state index contributed by atoms with van der Waals surface area (Å²) in [4.78, 5) is 10.9. The van der Waals surface area contributed by atoms with Crippen LogP contribution in [0, 0.1) is 13.8 Å². The van der Waals surface area contributed by atoms with Gasteiger partial charge < -0.3 is 15.4 Å². The minimum absolute atomic E-state index is 0.364. The highest BCUT2D eigenvalue weighted by molar-refractivity contribution is 5.89. The number of aliphatic carboxylic acids is 1. The second kappa shape index (κ2) is 6.57. The van der Waals surface area contributed by atoms with Gasteiger partial charge in [-0.05, 0) is 31.0 Å². The summed E-state index contributed by atoms with van der Waals surface area (Å²) in [5.41, 5.74) is 10.1. The molecule has 2 rings (SSSR count). The molecule has 1 aromatic carbocycles. The average Bonchev–Trinajstić information content (AvgIpc) is 2.67. The van der Waals surface area contributed by atoms with Crippen LogP contribution in [-0.2, 0) is 18.3 Å². The number of aryl methyl sites for hydroxylation is 2. The van der Waals surface area contributed by atoms with Crippen LogP contribution in [0.3, 0.4) is 0 Å². The van der Waals surface area contributed by atoms with Gasteiger partial charge in [-0.1, -0.05) is 26.0 Å². The molecule has 4 heteroatoms. The first kappa shape index (κ1) is 16.2. The Morgan fingerprint density at radius 2 is 1.95 bits per heavy atom. The molecule has 110 valence electrons. The molecule has 20 heavy (non-hydrogen) atoms. The van der Waals surface area contributed by atoms with Crippen molar-refractivity contribution < 1.29 is 9.90 Å². The topological polar surface area (TPSA) is 68.2 Å². The first-order chi connectivity index (χ1) is 9.43. The number of hydrogen-bond donors (Lipinski definition) is 2. The summed E-state index contributed by atoms with van der Waals surface area (Å²) in [5.74, 6) is -0.958. The van der Waals surface area contributed by atoms with E-state index in [1.165, 1.54) is 0 Å². The largest absolute Gasteiger partial charge is 0.480 e. The average molecular weight is 276 g/mol. The Balaban J connectivity index is 0.000000956. The van der Waals surface area contributed by atoms with Crippen molar-refractivity contribution in [1.29, 1.82) is 0 Å². The van der Waals surface area contributed by atoms with Gasteiger partial charge in [0, 0.05) is 30.1 Å². The first-order valence-electron chi connectivity index (χ1n) is 6.95. The van der Waals surface area contributed by atoms with E-state index in [4.69, 9.17) is 10.8 Å². The first-order valence-corrected chi connectivity index (χ1v) is 6.95. The predicted molar refractivity (Wildman–Crippen MR) is 83.1 cm³/mol. The Kier molecular flexibility index (Phi) is 5.34. The molecule has 3 N–H and O–H groups in total. The van der Waals surface area contributed by atoms with Crippen LogP contribution in [0.5, 0.6) is 0 Å². The Morgan fingerprint density at radius 1 is 1.35 bits per heavy atom. The fraction of sp³-hybridized carbons (Fsp3) is 0.438. The molecule has 0 aliphatic rings. The number of fused-ring (bicyclic) bond motifs is 1. The molecule has 0 aliphatic carbocycles. The maximum absolute atomic E-state index is 10.9. The number of aromatic nitrogens is 1. The number of carboxylic acid groups (broad SMARTS) is 1. The third-order valence-corrected chi connectivity index (χ3v) is 3.60. The Bertz CT molecular complexity index is 614. The van der Waals surface area contributed by atoms with E-state index < -0.39 is 12.0 Å². The van der Waals surface area contributed by atoms with Gasteiger partial charge in [-0.15, -0.1) is 0 Å². The van der Waals surface area contributed by atoms with Gasteiger partial charge in [-0.3, -0.25) is 4.79 Å². The van der Waals surface area contributed by atoms with E-state index in [0.29, 0.717) is 6.42 Å². The van der Waals surface area contributed by atoms with Gasteiger partial charge in [-0.25, -0.2) is 0 Å². The Labute approximate surface area is 120 Å². The molecule has 1 unspecified atom stereocenters. The van der Waals surface area contributed by atoms with E-state index >= 15 is 0 Å². The van der Waals surface area contributed by atoms with Crippen molar-refractivity contribution in [2.75, 3.05) is 0 Å². The van der Waals surface area contributed by atoms with Crippen molar-refractivity contribution in [3.8, 4) is 0 Å². The van der Waals surface area contributed by atoms with Crippen molar-refractivity contribution in [2.45, 2.75) is 40.2 Å². The summed E-state index contributed by atoms with van der Waals surface area (Å²) in [6.07, 6.45) is 0.364. The number of nitrogens with two attached hydrogens (primary N) is 1. The van der Waals surface area contributed by atoms with E-state index in [2.05, 4.69) is 4.57 Å². The lowest BCUT2D eigenvalue weighted by molar-refractivity contribution is -0.138. The van der Waals surface area contributed by atoms with Crippen molar-refractivity contribution in [2.24, 2.45) is 12.8 Å². The van der Waals surface area contributed by atoms with Gasteiger partial charge in [0.1, 0.15) is 6.04 Å². The van der Waals surface area contributed by atoms with Crippen molar-refractivity contribution >= 4 is 16.9 Å². The molecule has 0 radical (unpaired) electrons. The molecule has 4 nitrogen and oxygen atoms in total. The molecule has 1 heterocycles. The fourth-order valence-electron chi connectivity index (χ4n) is 2.45. The zero-order valence-electron chi connectivity index (χ0n) is 12.9. The minimum atomic E-state index is -0.958. The molecule has 2 aromatic rings. The summed E-state index contributed by atoms with van der Waals surface area (Å²) in [5, 5.41) is 10.1. The van der Waals surface area contributed by atoms with E-state index in [1.807, 2.05) is 52.9 Å². The lowest BCUT2D eigenvalue weighted by Crippen LogP contribution is -2.32. The van der Waals surface area contributed by atoms with E-state index in [9.17, 15) is 4.79 Å². The number of nitrogens with zero attached hydrogens (tertiary/aromatic N) is 1. The zero-order chi connectivity index (χ0) is 15.4. The summed E-state index contributed by atoms with van der Waals surface area (Å²) in [6, 6.07) is 5.25. The van der Waals surface area contributed by atoms with Crippen LogP contribution in [-0.4, -0.2) is 21.7 Å². The molecule has 1 atom stereocenters. The fourth-order valence-corrected chi connectivity index (χ4v) is 2.45. The molecule has 0 saturated heterocycles. The molecule has 1 aromatic heterocycles.